The summed E-state index contributed by atoms with van der Waals surface area (Å²) >= 11 is 0. The van der Waals surface area contributed by atoms with Gasteiger partial charge in [0.15, 0.2) is 0 Å². The summed E-state index contributed by atoms with van der Waals surface area (Å²) in [7, 11) is 0. The van der Waals surface area contributed by atoms with E-state index in [0.717, 1.165) is 11.1 Å². The van der Waals surface area contributed by atoms with E-state index in [-0.39, 0.29) is 29.7 Å². The molecule has 6 heteroatoms. The molecule has 0 aromatic heterocycles. The Morgan fingerprint density at radius 1 is 1.08 bits per heavy atom. The van der Waals surface area contributed by atoms with E-state index < -0.39 is 18.3 Å². The average molecular weight is 350 g/mol. The Bertz CT molecular complexity index is 617. The third-order valence-corrected chi connectivity index (χ3v) is 4.89. The number of ether oxygens (including phenoxy) is 3. The summed E-state index contributed by atoms with van der Waals surface area (Å²) in [6, 6.07) is 0. The van der Waals surface area contributed by atoms with E-state index in [2.05, 4.69) is 0 Å². The maximum Gasteiger partial charge on any atom is 0.309 e. The molecule has 6 nitrogen and oxygen atoms in total. The third-order valence-electron chi connectivity index (χ3n) is 4.89. The first-order valence-corrected chi connectivity index (χ1v) is 8.59. The second-order valence-electron chi connectivity index (χ2n) is 6.88. The van der Waals surface area contributed by atoms with Crippen LogP contribution in [0.3, 0.4) is 0 Å². The van der Waals surface area contributed by atoms with E-state index in [1.807, 2.05) is 32.9 Å². The van der Waals surface area contributed by atoms with Crippen molar-refractivity contribution in [2.75, 3.05) is 0 Å². The summed E-state index contributed by atoms with van der Waals surface area (Å²) in [5.41, 5.74) is 1.73. The fourth-order valence-corrected chi connectivity index (χ4v) is 3.38. The Morgan fingerprint density at radius 2 is 1.68 bits per heavy atom. The molecule has 25 heavy (non-hydrogen) atoms. The van der Waals surface area contributed by atoms with Crippen molar-refractivity contribution in [1.82, 2.24) is 0 Å². The van der Waals surface area contributed by atoms with Crippen molar-refractivity contribution in [3.05, 3.63) is 23.3 Å². The van der Waals surface area contributed by atoms with Crippen LogP contribution < -0.4 is 0 Å². The van der Waals surface area contributed by atoms with Gasteiger partial charge in [0.2, 0.25) is 0 Å². The first-order chi connectivity index (χ1) is 11.7. The second-order valence-corrected chi connectivity index (χ2v) is 6.88. The molecular weight excluding hydrogens is 324 g/mol. The molecule has 1 heterocycles. The molecule has 1 saturated heterocycles. The van der Waals surface area contributed by atoms with Crippen molar-refractivity contribution in [3.8, 4) is 0 Å². The lowest BCUT2D eigenvalue weighted by Gasteiger charge is -2.27. The highest BCUT2D eigenvalue weighted by molar-refractivity contribution is 5.75. The van der Waals surface area contributed by atoms with E-state index >= 15 is 0 Å². The quantitative estimate of drug-likeness (QED) is 0.433. The topological polar surface area (TPSA) is 78.9 Å². The zero-order valence-electron chi connectivity index (χ0n) is 15.4. The summed E-state index contributed by atoms with van der Waals surface area (Å²) in [6.45, 7) is 8.32. The van der Waals surface area contributed by atoms with Crippen LogP contribution in [0.2, 0.25) is 0 Å². The molecule has 0 N–H and O–H groups in total. The number of fused-ring (bicyclic) bond motifs is 1. The maximum absolute atomic E-state index is 12.1. The van der Waals surface area contributed by atoms with Crippen molar-refractivity contribution in [1.29, 1.82) is 0 Å². The van der Waals surface area contributed by atoms with Crippen molar-refractivity contribution >= 4 is 17.9 Å². The van der Waals surface area contributed by atoms with Crippen LogP contribution in [0.4, 0.5) is 0 Å². The number of carbonyl (C=O) groups is 3. The molecule has 1 aliphatic carbocycles. The van der Waals surface area contributed by atoms with Gasteiger partial charge in [-0.15, -0.1) is 0 Å². The Morgan fingerprint density at radius 3 is 2.28 bits per heavy atom. The number of esters is 3. The van der Waals surface area contributed by atoms with Crippen molar-refractivity contribution in [3.63, 3.8) is 0 Å². The third kappa shape index (κ3) is 4.71. The first-order valence-electron chi connectivity index (χ1n) is 8.59. The largest absolute Gasteiger partial charge is 0.458 e. The van der Waals surface area contributed by atoms with Gasteiger partial charge in [-0.05, 0) is 37.5 Å². The monoisotopic (exact) mass is 350 g/mol. The van der Waals surface area contributed by atoms with Gasteiger partial charge in [0, 0.05) is 26.2 Å². The van der Waals surface area contributed by atoms with Crippen LogP contribution in [0.25, 0.3) is 0 Å². The molecule has 1 fully saturated rings. The van der Waals surface area contributed by atoms with Crippen LogP contribution in [0.15, 0.2) is 23.3 Å². The molecule has 0 unspecified atom stereocenters. The molecule has 0 saturated carbocycles. The molecule has 5 atom stereocenters. The number of carbonyl (C=O) groups excluding carboxylic acids is 3. The second kappa shape index (κ2) is 7.85. The summed E-state index contributed by atoms with van der Waals surface area (Å²) in [6.07, 6.45) is 3.52. The highest BCUT2D eigenvalue weighted by atomic mass is 16.6. The van der Waals surface area contributed by atoms with E-state index in [9.17, 15) is 14.4 Å². The van der Waals surface area contributed by atoms with Gasteiger partial charge in [0.25, 0.3) is 0 Å². The Hall–Kier alpha value is -2.11. The zero-order valence-corrected chi connectivity index (χ0v) is 15.4. The molecule has 2 rings (SSSR count). The van der Waals surface area contributed by atoms with Crippen molar-refractivity contribution in [2.24, 2.45) is 11.8 Å². The molecule has 0 aromatic carbocycles. The van der Waals surface area contributed by atoms with Gasteiger partial charge in [0.1, 0.15) is 18.3 Å². The molecule has 0 bridgehead atoms. The lowest BCUT2D eigenvalue weighted by molar-refractivity contribution is -0.145. The van der Waals surface area contributed by atoms with Gasteiger partial charge in [-0.3, -0.25) is 14.4 Å². The fraction of sp³-hybridized carbons (Fsp3) is 0.632. The van der Waals surface area contributed by atoms with Gasteiger partial charge in [0.05, 0.1) is 5.92 Å². The summed E-state index contributed by atoms with van der Waals surface area (Å²) in [4.78, 5) is 34.9. The van der Waals surface area contributed by atoms with Crippen LogP contribution in [0, 0.1) is 11.8 Å². The highest BCUT2D eigenvalue weighted by Crippen LogP contribution is 2.36. The first kappa shape index (κ1) is 19.2. The predicted octanol–water partition coefficient (Wildman–Crippen LogP) is 2.71. The average Bonchev–Trinajstić information content (AvgIpc) is 2.76. The molecule has 1 aliphatic heterocycles. The highest BCUT2D eigenvalue weighted by Gasteiger charge is 2.43. The van der Waals surface area contributed by atoms with Crippen molar-refractivity contribution < 1.29 is 28.6 Å². The van der Waals surface area contributed by atoms with Crippen LogP contribution in [-0.4, -0.2) is 36.2 Å². The Balaban J connectivity index is 2.40. The number of rotatable bonds is 2. The molecule has 2 aliphatic rings. The lowest BCUT2D eigenvalue weighted by atomic mass is 9.83. The van der Waals surface area contributed by atoms with E-state index in [0.29, 0.717) is 12.8 Å². The fourth-order valence-electron chi connectivity index (χ4n) is 3.38. The van der Waals surface area contributed by atoms with E-state index in [1.54, 1.807) is 0 Å². The maximum atomic E-state index is 12.1. The van der Waals surface area contributed by atoms with Gasteiger partial charge in [-0.25, -0.2) is 0 Å². The van der Waals surface area contributed by atoms with Gasteiger partial charge < -0.3 is 14.2 Å². The standard InChI is InChI=1S/C19H26O6/c1-10-6-7-16(23-13(4)20)11(2)8-18-15(12(3)19(22)25-18)9-17(10)24-14(5)21/h6,8,12,15-18H,7,9H2,1-5H3/b10-6+,11-8?/t12-,15+,16+,17+,18-/m1/s1. The SMILES string of the molecule is CC(=O)O[C@H]1C/C=C(\C)[C@@H](OC(C)=O)C[C@@H]2[C@@H](C=C1C)OC(=O)[C@@H]2C. The van der Waals surface area contributed by atoms with Crippen LogP contribution in [0.5, 0.6) is 0 Å². The Labute approximate surface area is 148 Å². The number of hydrogen-bond donors (Lipinski definition) is 0. The molecule has 0 spiro atoms. The van der Waals surface area contributed by atoms with Gasteiger partial charge >= 0.3 is 17.9 Å². The van der Waals surface area contributed by atoms with Gasteiger partial charge in [-0.1, -0.05) is 13.0 Å². The van der Waals surface area contributed by atoms with Crippen molar-refractivity contribution in [2.45, 2.75) is 65.8 Å². The molecule has 0 radical (unpaired) electrons. The molecule has 138 valence electrons. The summed E-state index contributed by atoms with van der Waals surface area (Å²) in [5, 5.41) is 0. The zero-order chi connectivity index (χ0) is 18.7. The lowest BCUT2D eigenvalue weighted by Crippen LogP contribution is -2.29. The normalized spacial score (nSPS) is 34.8. The predicted molar refractivity (Wildman–Crippen MR) is 90.4 cm³/mol. The van der Waals surface area contributed by atoms with E-state index in [1.165, 1.54) is 13.8 Å². The van der Waals surface area contributed by atoms with Crippen LogP contribution in [-0.2, 0) is 28.6 Å². The smallest absolute Gasteiger partial charge is 0.309 e. The van der Waals surface area contributed by atoms with Gasteiger partial charge in [-0.2, -0.15) is 0 Å². The van der Waals surface area contributed by atoms with Crippen LogP contribution in [0.1, 0.15) is 47.5 Å². The molecule has 0 amide bonds. The minimum absolute atomic E-state index is 0.105. The summed E-state index contributed by atoms with van der Waals surface area (Å²) < 4.78 is 16.4. The minimum Gasteiger partial charge on any atom is -0.458 e. The van der Waals surface area contributed by atoms with Crippen LogP contribution >= 0.6 is 0 Å². The summed E-state index contributed by atoms with van der Waals surface area (Å²) in [5.74, 6) is -1.39. The number of hydrogen-bond acceptors (Lipinski definition) is 6. The van der Waals surface area contributed by atoms with E-state index in [4.69, 9.17) is 14.2 Å². The minimum atomic E-state index is -0.432. The molecular formula is C19H26O6. The molecule has 0 aromatic rings. The Kier molecular flexibility index (Phi) is 6.03.